The summed E-state index contributed by atoms with van der Waals surface area (Å²) in [7, 11) is 0. The van der Waals surface area contributed by atoms with Crippen molar-refractivity contribution in [2.75, 3.05) is 5.43 Å². The lowest BCUT2D eigenvalue weighted by Gasteiger charge is -2.06. The summed E-state index contributed by atoms with van der Waals surface area (Å²) in [6, 6.07) is 8.00. The van der Waals surface area contributed by atoms with Crippen LogP contribution in [0.4, 0.5) is 17.1 Å². The van der Waals surface area contributed by atoms with E-state index in [9.17, 15) is 25.0 Å². The Morgan fingerprint density at radius 1 is 1.19 bits per heavy atom. The number of hydrazone groups is 1. The molecular formula is C15H11BrN4O6. The van der Waals surface area contributed by atoms with Gasteiger partial charge in [0.05, 0.1) is 22.1 Å². The molecule has 11 heteroatoms. The summed E-state index contributed by atoms with van der Waals surface area (Å²) in [5.74, 6) is -0.259. The second-order valence-corrected chi connectivity index (χ2v) is 5.78. The Labute approximate surface area is 154 Å². The number of carbonyl (C=O) groups excluding carboxylic acids is 1. The first kappa shape index (κ1) is 19.0. The number of ether oxygens (including phenoxy) is 1. The number of nitro groups is 2. The molecule has 134 valence electrons. The fourth-order valence-corrected chi connectivity index (χ4v) is 2.30. The lowest BCUT2D eigenvalue weighted by atomic mass is 10.2. The molecule has 26 heavy (non-hydrogen) atoms. The molecule has 1 N–H and O–H groups in total. The van der Waals surface area contributed by atoms with Crippen LogP contribution >= 0.6 is 15.9 Å². The number of nitrogens with one attached hydrogen (secondary N) is 1. The molecule has 0 aliphatic heterocycles. The van der Waals surface area contributed by atoms with Crippen molar-refractivity contribution in [1.29, 1.82) is 0 Å². The van der Waals surface area contributed by atoms with Gasteiger partial charge in [0, 0.05) is 23.0 Å². The minimum absolute atomic E-state index is 0.0270. The van der Waals surface area contributed by atoms with Crippen LogP contribution in [0.1, 0.15) is 12.5 Å². The van der Waals surface area contributed by atoms with Gasteiger partial charge in [0.25, 0.3) is 5.69 Å². The zero-order chi connectivity index (χ0) is 19.3. The number of esters is 1. The highest BCUT2D eigenvalue weighted by molar-refractivity contribution is 9.10. The smallest absolute Gasteiger partial charge is 0.308 e. The minimum atomic E-state index is -0.756. The summed E-state index contributed by atoms with van der Waals surface area (Å²) in [6.45, 7) is 1.25. The zero-order valence-electron chi connectivity index (χ0n) is 13.2. The van der Waals surface area contributed by atoms with Crippen molar-refractivity contribution in [1.82, 2.24) is 0 Å². The molecule has 0 bridgehead atoms. The van der Waals surface area contributed by atoms with Gasteiger partial charge in [0.2, 0.25) is 0 Å². The predicted molar refractivity (Wildman–Crippen MR) is 96.4 cm³/mol. The summed E-state index contributed by atoms with van der Waals surface area (Å²) in [5, 5.41) is 25.7. The fraction of sp³-hybridized carbons (Fsp3) is 0.0667. The summed E-state index contributed by atoms with van der Waals surface area (Å²) in [5.41, 5.74) is 1.97. The quantitative estimate of drug-likeness (QED) is 0.246. The number of halogens is 1. The number of hydrogen-bond donors (Lipinski definition) is 1. The Kier molecular flexibility index (Phi) is 5.96. The molecule has 2 aromatic carbocycles. The SMILES string of the molecule is CC(=O)Oc1ccc(Br)cc1/C=N\Nc1ccc([N+](=O)[O-])cc1[N+](=O)[O-]. The van der Waals surface area contributed by atoms with Gasteiger partial charge < -0.3 is 4.74 Å². The predicted octanol–water partition coefficient (Wildman–Crippen LogP) is 3.64. The second-order valence-electron chi connectivity index (χ2n) is 4.86. The fourth-order valence-electron chi connectivity index (χ4n) is 1.92. The number of nitro benzene ring substituents is 2. The summed E-state index contributed by atoms with van der Waals surface area (Å²) >= 11 is 3.28. The third-order valence-corrected chi connectivity index (χ3v) is 3.50. The van der Waals surface area contributed by atoms with Crippen LogP contribution in [0.15, 0.2) is 46.0 Å². The second kappa shape index (κ2) is 8.16. The van der Waals surface area contributed by atoms with Crippen molar-refractivity contribution >= 4 is 45.2 Å². The highest BCUT2D eigenvalue weighted by Gasteiger charge is 2.19. The van der Waals surface area contributed by atoms with Gasteiger partial charge in [-0.1, -0.05) is 15.9 Å². The monoisotopic (exact) mass is 422 g/mol. The molecule has 10 nitrogen and oxygen atoms in total. The number of rotatable bonds is 6. The topological polar surface area (TPSA) is 137 Å². The highest BCUT2D eigenvalue weighted by Crippen LogP contribution is 2.29. The normalized spacial score (nSPS) is 10.5. The number of non-ortho nitro benzene ring substituents is 1. The molecule has 2 rings (SSSR count). The van der Waals surface area contributed by atoms with Crippen molar-refractivity contribution in [3.8, 4) is 5.75 Å². The summed E-state index contributed by atoms with van der Waals surface area (Å²) < 4.78 is 5.75. The standard InChI is InChI=1S/C15H11BrN4O6/c1-9(21)26-15-5-2-11(16)6-10(15)8-17-18-13-4-3-12(19(22)23)7-14(13)20(24)25/h2-8,18H,1H3/b17-8-. The van der Waals surface area contributed by atoms with E-state index in [1.165, 1.54) is 19.2 Å². The average Bonchev–Trinajstić information content (AvgIpc) is 2.56. The molecule has 0 unspecified atom stereocenters. The number of nitrogens with zero attached hydrogens (tertiary/aromatic N) is 3. The van der Waals surface area contributed by atoms with E-state index in [0.717, 1.165) is 12.1 Å². The van der Waals surface area contributed by atoms with Gasteiger partial charge in [0.15, 0.2) is 0 Å². The van der Waals surface area contributed by atoms with Gasteiger partial charge in [-0.15, -0.1) is 0 Å². The van der Waals surface area contributed by atoms with Crippen molar-refractivity contribution < 1.29 is 19.4 Å². The molecule has 2 aromatic rings. The zero-order valence-corrected chi connectivity index (χ0v) is 14.8. The van der Waals surface area contributed by atoms with Gasteiger partial charge in [-0.3, -0.25) is 30.4 Å². The largest absolute Gasteiger partial charge is 0.426 e. The maximum Gasteiger partial charge on any atom is 0.308 e. The maximum absolute atomic E-state index is 11.1. The highest BCUT2D eigenvalue weighted by atomic mass is 79.9. The summed E-state index contributed by atoms with van der Waals surface area (Å²) in [4.78, 5) is 31.5. The molecule has 0 spiro atoms. The number of carbonyl (C=O) groups is 1. The molecule has 0 atom stereocenters. The molecule has 0 radical (unpaired) electrons. The first-order chi connectivity index (χ1) is 12.3. The Morgan fingerprint density at radius 3 is 2.54 bits per heavy atom. The minimum Gasteiger partial charge on any atom is -0.426 e. The third-order valence-electron chi connectivity index (χ3n) is 3.00. The van der Waals surface area contributed by atoms with Crippen LogP contribution in [-0.2, 0) is 4.79 Å². The molecule has 0 saturated carbocycles. The van der Waals surface area contributed by atoms with Gasteiger partial charge in [-0.2, -0.15) is 5.10 Å². The molecular weight excluding hydrogens is 412 g/mol. The molecule has 0 fully saturated rings. The van der Waals surface area contributed by atoms with Crippen LogP contribution < -0.4 is 10.2 Å². The van der Waals surface area contributed by atoms with Crippen molar-refractivity contribution in [2.45, 2.75) is 6.92 Å². The average molecular weight is 423 g/mol. The van der Waals surface area contributed by atoms with E-state index >= 15 is 0 Å². The Bertz CT molecular complexity index is 915. The Morgan fingerprint density at radius 2 is 1.92 bits per heavy atom. The van der Waals surface area contributed by atoms with E-state index in [-0.39, 0.29) is 11.4 Å². The van der Waals surface area contributed by atoms with Crippen LogP contribution in [0.5, 0.6) is 5.75 Å². The number of anilines is 1. The Hall–Kier alpha value is -3.34. The maximum atomic E-state index is 11.1. The molecule has 0 saturated heterocycles. The molecule has 0 heterocycles. The van der Waals surface area contributed by atoms with Gasteiger partial charge in [-0.05, 0) is 24.3 Å². The van der Waals surface area contributed by atoms with E-state index in [4.69, 9.17) is 4.74 Å². The van der Waals surface area contributed by atoms with Crippen LogP contribution in [0.25, 0.3) is 0 Å². The molecule has 0 amide bonds. The van der Waals surface area contributed by atoms with Crippen LogP contribution in [0.2, 0.25) is 0 Å². The van der Waals surface area contributed by atoms with Crippen LogP contribution in [0.3, 0.4) is 0 Å². The first-order valence-corrected chi connectivity index (χ1v) is 7.77. The molecule has 0 aliphatic rings. The van der Waals surface area contributed by atoms with E-state index in [2.05, 4.69) is 26.5 Å². The molecule has 0 aliphatic carbocycles. The van der Waals surface area contributed by atoms with E-state index in [1.54, 1.807) is 18.2 Å². The van der Waals surface area contributed by atoms with E-state index in [0.29, 0.717) is 10.0 Å². The third kappa shape index (κ3) is 4.83. The lowest BCUT2D eigenvalue weighted by molar-refractivity contribution is -0.393. The van der Waals surface area contributed by atoms with E-state index in [1.807, 2.05) is 0 Å². The lowest BCUT2D eigenvalue weighted by Crippen LogP contribution is -2.04. The first-order valence-electron chi connectivity index (χ1n) is 6.98. The molecule has 0 aromatic heterocycles. The van der Waals surface area contributed by atoms with Gasteiger partial charge in [0.1, 0.15) is 11.4 Å². The van der Waals surface area contributed by atoms with Crippen LogP contribution in [0, 0.1) is 20.2 Å². The van der Waals surface area contributed by atoms with Crippen molar-refractivity contribution in [3.05, 3.63) is 66.7 Å². The summed E-state index contributed by atoms with van der Waals surface area (Å²) in [6.07, 6.45) is 1.30. The Balaban J connectivity index is 2.28. The van der Waals surface area contributed by atoms with E-state index < -0.39 is 27.2 Å². The van der Waals surface area contributed by atoms with Gasteiger partial charge in [-0.25, -0.2) is 0 Å². The van der Waals surface area contributed by atoms with Gasteiger partial charge >= 0.3 is 11.7 Å². The van der Waals surface area contributed by atoms with Crippen molar-refractivity contribution in [3.63, 3.8) is 0 Å². The number of benzene rings is 2. The van der Waals surface area contributed by atoms with Crippen LogP contribution in [-0.4, -0.2) is 22.0 Å². The number of hydrogen-bond acceptors (Lipinski definition) is 8. The van der Waals surface area contributed by atoms with Crippen molar-refractivity contribution in [2.24, 2.45) is 5.10 Å².